The van der Waals surface area contributed by atoms with Gasteiger partial charge >= 0.3 is 6.09 Å². The van der Waals surface area contributed by atoms with Gasteiger partial charge in [0.25, 0.3) is 0 Å². The molecule has 148 valence electrons. The molecule has 8 heteroatoms. The summed E-state index contributed by atoms with van der Waals surface area (Å²) >= 11 is 1.25. The molecule has 0 radical (unpaired) electrons. The van der Waals surface area contributed by atoms with Gasteiger partial charge in [0.1, 0.15) is 5.60 Å². The minimum absolute atomic E-state index is 0.0298. The van der Waals surface area contributed by atoms with Crippen LogP contribution in [0.15, 0.2) is 0 Å². The summed E-state index contributed by atoms with van der Waals surface area (Å²) in [4.78, 5) is 38.7. The molecule has 2 heterocycles. The Labute approximate surface area is 159 Å². The largest absolute Gasteiger partial charge is 0.444 e. The monoisotopic (exact) mass is 386 g/mol. The van der Waals surface area contributed by atoms with E-state index in [0.29, 0.717) is 44.6 Å². The maximum Gasteiger partial charge on any atom is 0.410 e. The highest BCUT2D eigenvalue weighted by atomic mass is 32.2. The van der Waals surface area contributed by atoms with Crippen LogP contribution in [0.2, 0.25) is 0 Å². The molecule has 26 heavy (non-hydrogen) atoms. The van der Waals surface area contributed by atoms with E-state index in [1.165, 1.54) is 18.7 Å². The first-order chi connectivity index (χ1) is 12.0. The number of amides is 2. The Morgan fingerprint density at radius 3 is 2.46 bits per heavy atom. The predicted octanol–water partition coefficient (Wildman–Crippen LogP) is 1.88. The Hall–Kier alpha value is -1.28. The standard InChI is InChI=1S/C18H30N2O5S/c1-13(21)26-11-14-9-15(22)20(10-14)12-18(24)5-7-19(8-6-18)16(23)25-17(2,3)4/h14,24H,5-12H2,1-4H3. The predicted molar refractivity (Wildman–Crippen MR) is 99.8 cm³/mol. The molecule has 2 fully saturated rings. The Morgan fingerprint density at radius 2 is 1.92 bits per heavy atom. The SMILES string of the molecule is CC(=O)SCC1CC(=O)N(CC2(O)CCN(C(=O)OC(C)(C)C)CC2)C1. The van der Waals surface area contributed by atoms with Crippen molar-refractivity contribution in [3.8, 4) is 0 Å². The van der Waals surface area contributed by atoms with E-state index in [1.54, 1.807) is 9.80 Å². The average Bonchev–Trinajstić information content (AvgIpc) is 2.83. The lowest BCUT2D eigenvalue weighted by molar-refractivity contribution is -0.132. The second-order valence-corrected chi connectivity index (χ2v) is 9.54. The second-order valence-electron chi connectivity index (χ2n) is 8.34. The number of thioether (sulfide) groups is 1. The van der Waals surface area contributed by atoms with Gasteiger partial charge in [-0.05, 0) is 39.5 Å². The summed E-state index contributed by atoms with van der Waals surface area (Å²) in [6, 6.07) is 0. The third kappa shape index (κ3) is 6.16. The average molecular weight is 387 g/mol. The molecule has 1 unspecified atom stereocenters. The molecule has 0 aromatic heterocycles. The van der Waals surface area contributed by atoms with Crippen molar-refractivity contribution < 1.29 is 24.2 Å². The number of aliphatic hydroxyl groups is 1. The molecule has 2 aliphatic rings. The number of likely N-dealkylation sites (tertiary alicyclic amines) is 2. The summed E-state index contributed by atoms with van der Waals surface area (Å²) in [5, 5.41) is 10.9. The van der Waals surface area contributed by atoms with Gasteiger partial charge in [-0.2, -0.15) is 0 Å². The van der Waals surface area contributed by atoms with Crippen molar-refractivity contribution in [1.82, 2.24) is 9.80 Å². The first-order valence-corrected chi connectivity index (χ1v) is 10.1. The molecule has 1 atom stereocenters. The van der Waals surface area contributed by atoms with E-state index in [4.69, 9.17) is 4.74 Å². The van der Waals surface area contributed by atoms with Crippen LogP contribution in [-0.4, -0.2) is 75.2 Å². The highest BCUT2D eigenvalue weighted by molar-refractivity contribution is 8.13. The van der Waals surface area contributed by atoms with E-state index >= 15 is 0 Å². The summed E-state index contributed by atoms with van der Waals surface area (Å²) < 4.78 is 5.37. The summed E-state index contributed by atoms with van der Waals surface area (Å²) in [6.07, 6.45) is 0.907. The van der Waals surface area contributed by atoms with Crippen LogP contribution in [0.4, 0.5) is 4.79 Å². The molecule has 2 saturated heterocycles. The van der Waals surface area contributed by atoms with Gasteiger partial charge in [0.05, 0.1) is 5.60 Å². The quantitative estimate of drug-likeness (QED) is 0.794. The van der Waals surface area contributed by atoms with Gasteiger partial charge < -0.3 is 19.6 Å². The molecule has 0 aliphatic carbocycles. The second kappa shape index (κ2) is 8.17. The van der Waals surface area contributed by atoms with Gasteiger partial charge in [0.2, 0.25) is 5.91 Å². The summed E-state index contributed by atoms with van der Waals surface area (Å²) in [7, 11) is 0. The number of ether oxygens (including phenoxy) is 1. The van der Waals surface area contributed by atoms with Gasteiger partial charge in [0, 0.05) is 45.3 Å². The fourth-order valence-corrected chi connectivity index (χ4v) is 3.99. The zero-order valence-corrected chi connectivity index (χ0v) is 16.9. The number of nitrogens with zero attached hydrogens (tertiary/aromatic N) is 2. The number of hydrogen-bond acceptors (Lipinski definition) is 6. The van der Waals surface area contributed by atoms with Crippen LogP contribution in [-0.2, 0) is 14.3 Å². The number of β-amino-alcohol motifs (C(OH)–C–C–N with tert-alkyl or cyclic N) is 1. The summed E-state index contributed by atoms with van der Waals surface area (Å²) in [5.41, 5.74) is -1.52. The van der Waals surface area contributed by atoms with Gasteiger partial charge in [-0.3, -0.25) is 9.59 Å². The maximum absolute atomic E-state index is 12.2. The zero-order chi connectivity index (χ0) is 19.5. The van der Waals surface area contributed by atoms with E-state index in [0.717, 1.165) is 0 Å². The molecular weight excluding hydrogens is 356 g/mol. The van der Waals surface area contributed by atoms with Crippen LogP contribution < -0.4 is 0 Å². The van der Waals surface area contributed by atoms with Crippen LogP contribution in [0.3, 0.4) is 0 Å². The number of piperidine rings is 1. The molecule has 2 amide bonds. The summed E-state index contributed by atoms with van der Waals surface area (Å²) in [6.45, 7) is 8.70. The topological polar surface area (TPSA) is 87.2 Å². The number of carbonyl (C=O) groups is 3. The zero-order valence-electron chi connectivity index (χ0n) is 16.1. The number of rotatable bonds is 4. The van der Waals surface area contributed by atoms with Crippen LogP contribution in [0.25, 0.3) is 0 Å². The minimum Gasteiger partial charge on any atom is -0.444 e. The minimum atomic E-state index is -0.975. The van der Waals surface area contributed by atoms with Crippen LogP contribution >= 0.6 is 11.8 Å². The molecule has 1 N–H and O–H groups in total. The van der Waals surface area contributed by atoms with Crippen molar-refractivity contribution in [1.29, 1.82) is 0 Å². The van der Waals surface area contributed by atoms with Gasteiger partial charge in [0.15, 0.2) is 5.12 Å². The third-order valence-electron chi connectivity index (χ3n) is 4.65. The van der Waals surface area contributed by atoms with Crippen molar-refractivity contribution in [2.75, 3.05) is 31.9 Å². The third-order valence-corrected chi connectivity index (χ3v) is 5.69. The van der Waals surface area contributed by atoms with Crippen LogP contribution in [0, 0.1) is 5.92 Å². The maximum atomic E-state index is 12.2. The Morgan fingerprint density at radius 1 is 1.31 bits per heavy atom. The van der Waals surface area contributed by atoms with E-state index in [1.807, 2.05) is 20.8 Å². The lowest BCUT2D eigenvalue weighted by atomic mass is 9.91. The van der Waals surface area contributed by atoms with E-state index in [2.05, 4.69) is 0 Å². The molecular formula is C18H30N2O5S. The van der Waals surface area contributed by atoms with E-state index in [9.17, 15) is 19.5 Å². The van der Waals surface area contributed by atoms with Crippen LogP contribution in [0.1, 0.15) is 47.0 Å². The van der Waals surface area contributed by atoms with Crippen molar-refractivity contribution in [3.63, 3.8) is 0 Å². The summed E-state index contributed by atoms with van der Waals surface area (Å²) in [5.74, 6) is 0.826. The number of hydrogen-bond donors (Lipinski definition) is 1. The van der Waals surface area contributed by atoms with Gasteiger partial charge in [-0.25, -0.2) is 4.79 Å². The molecule has 2 rings (SSSR count). The smallest absolute Gasteiger partial charge is 0.410 e. The first-order valence-electron chi connectivity index (χ1n) is 9.09. The molecule has 0 aromatic rings. The van der Waals surface area contributed by atoms with E-state index in [-0.39, 0.29) is 29.6 Å². The van der Waals surface area contributed by atoms with Crippen LogP contribution in [0.5, 0.6) is 0 Å². The molecule has 2 aliphatic heterocycles. The Kier molecular flexibility index (Phi) is 6.60. The first kappa shape index (κ1) is 21.0. The molecule has 7 nitrogen and oxygen atoms in total. The fourth-order valence-electron chi connectivity index (χ4n) is 3.30. The van der Waals surface area contributed by atoms with Crippen molar-refractivity contribution in [2.45, 2.75) is 58.2 Å². The lowest BCUT2D eigenvalue weighted by Crippen LogP contribution is -2.53. The Bertz CT molecular complexity index is 552. The Balaban J connectivity index is 1.82. The van der Waals surface area contributed by atoms with Crippen molar-refractivity contribution in [2.24, 2.45) is 5.92 Å². The molecule has 0 spiro atoms. The number of carbonyl (C=O) groups excluding carboxylic acids is 3. The van der Waals surface area contributed by atoms with Gasteiger partial charge in [-0.1, -0.05) is 11.8 Å². The lowest BCUT2D eigenvalue weighted by Gasteiger charge is -2.40. The van der Waals surface area contributed by atoms with Gasteiger partial charge in [-0.15, -0.1) is 0 Å². The molecule has 0 saturated carbocycles. The highest BCUT2D eigenvalue weighted by Crippen LogP contribution is 2.29. The van der Waals surface area contributed by atoms with Crippen molar-refractivity contribution in [3.05, 3.63) is 0 Å². The molecule has 0 aromatic carbocycles. The fraction of sp³-hybridized carbons (Fsp3) is 0.833. The molecule has 0 bridgehead atoms. The van der Waals surface area contributed by atoms with Crippen molar-refractivity contribution >= 4 is 28.9 Å². The highest BCUT2D eigenvalue weighted by Gasteiger charge is 2.40. The van der Waals surface area contributed by atoms with E-state index < -0.39 is 11.2 Å². The normalized spacial score (nSPS) is 23.3.